The van der Waals surface area contributed by atoms with Crippen molar-refractivity contribution in [1.82, 2.24) is 14.9 Å². The van der Waals surface area contributed by atoms with Crippen LogP contribution in [0, 0.1) is 0 Å². The molecule has 3 rings (SSSR count). The molecule has 1 aromatic carbocycles. The Hall–Kier alpha value is -2.82. The molecule has 0 saturated carbocycles. The zero-order valence-electron chi connectivity index (χ0n) is 12.5. The van der Waals surface area contributed by atoms with Crippen LogP contribution in [0.15, 0.2) is 48.8 Å². The summed E-state index contributed by atoms with van der Waals surface area (Å²) in [5.74, 6) is 0.525. The molecule has 0 aliphatic rings. The van der Waals surface area contributed by atoms with Gasteiger partial charge in [-0.2, -0.15) is 0 Å². The van der Waals surface area contributed by atoms with Crippen molar-refractivity contribution in [3.8, 4) is 16.9 Å². The molecule has 5 heteroatoms. The lowest BCUT2D eigenvalue weighted by molar-refractivity contribution is -0.122. The topological polar surface area (TPSA) is 56.1 Å². The number of aromatic nitrogens is 2. The SMILES string of the molecule is CNC(=O)COc1ccccc1-c1ccnc2c1ccn2C. The van der Waals surface area contributed by atoms with Crippen LogP contribution in [-0.2, 0) is 11.8 Å². The van der Waals surface area contributed by atoms with Crippen LogP contribution in [0.5, 0.6) is 5.75 Å². The fourth-order valence-electron chi connectivity index (χ4n) is 2.43. The summed E-state index contributed by atoms with van der Waals surface area (Å²) < 4.78 is 7.64. The molecule has 3 aromatic rings. The van der Waals surface area contributed by atoms with Gasteiger partial charge >= 0.3 is 0 Å². The summed E-state index contributed by atoms with van der Waals surface area (Å²) in [6.45, 7) is -0.00344. The summed E-state index contributed by atoms with van der Waals surface area (Å²) in [5, 5.41) is 3.61. The molecule has 1 N–H and O–H groups in total. The number of fused-ring (bicyclic) bond motifs is 1. The van der Waals surface area contributed by atoms with E-state index in [-0.39, 0.29) is 12.5 Å². The zero-order valence-corrected chi connectivity index (χ0v) is 12.5. The number of pyridine rings is 1. The number of amides is 1. The van der Waals surface area contributed by atoms with E-state index in [4.69, 9.17) is 4.74 Å². The lowest BCUT2D eigenvalue weighted by atomic mass is 10.0. The van der Waals surface area contributed by atoms with Crippen molar-refractivity contribution in [1.29, 1.82) is 0 Å². The van der Waals surface area contributed by atoms with E-state index >= 15 is 0 Å². The summed E-state index contributed by atoms with van der Waals surface area (Å²) in [4.78, 5) is 15.8. The monoisotopic (exact) mass is 295 g/mol. The van der Waals surface area contributed by atoms with Gasteiger partial charge in [0.1, 0.15) is 11.4 Å². The van der Waals surface area contributed by atoms with Crippen LogP contribution in [0.4, 0.5) is 0 Å². The number of nitrogens with one attached hydrogen (secondary N) is 1. The molecule has 1 amide bonds. The summed E-state index contributed by atoms with van der Waals surface area (Å²) in [6, 6.07) is 11.7. The maximum absolute atomic E-state index is 11.4. The largest absolute Gasteiger partial charge is 0.483 e. The molecule has 0 radical (unpaired) electrons. The Morgan fingerprint density at radius 1 is 1.23 bits per heavy atom. The Bertz CT molecular complexity index is 824. The highest BCUT2D eigenvalue weighted by molar-refractivity contribution is 5.95. The number of nitrogens with zero attached hydrogens (tertiary/aromatic N) is 2. The molecule has 0 aliphatic carbocycles. The molecule has 0 bridgehead atoms. The average Bonchev–Trinajstić information content (AvgIpc) is 2.94. The van der Waals surface area contributed by atoms with Gasteiger partial charge in [-0.25, -0.2) is 4.98 Å². The van der Waals surface area contributed by atoms with E-state index in [1.54, 1.807) is 13.2 Å². The predicted octanol–water partition coefficient (Wildman–Crippen LogP) is 2.37. The summed E-state index contributed by atoms with van der Waals surface area (Å²) >= 11 is 0. The minimum absolute atomic E-state index is 0.00344. The number of ether oxygens (including phenoxy) is 1. The van der Waals surface area contributed by atoms with E-state index in [2.05, 4.69) is 10.3 Å². The molecule has 0 spiro atoms. The Morgan fingerprint density at radius 2 is 2.05 bits per heavy atom. The van der Waals surface area contributed by atoms with Crippen LogP contribution in [0.2, 0.25) is 0 Å². The first-order valence-electron chi connectivity index (χ1n) is 7.03. The smallest absolute Gasteiger partial charge is 0.257 e. The molecule has 22 heavy (non-hydrogen) atoms. The predicted molar refractivity (Wildman–Crippen MR) is 85.7 cm³/mol. The van der Waals surface area contributed by atoms with Crippen LogP contribution >= 0.6 is 0 Å². The van der Waals surface area contributed by atoms with Gasteiger partial charge in [0.2, 0.25) is 0 Å². The van der Waals surface area contributed by atoms with Crippen LogP contribution in [-0.4, -0.2) is 29.1 Å². The van der Waals surface area contributed by atoms with Crippen LogP contribution in [0.25, 0.3) is 22.2 Å². The number of rotatable bonds is 4. The minimum atomic E-state index is -0.158. The second-order valence-corrected chi connectivity index (χ2v) is 4.98. The zero-order chi connectivity index (χ0) is 15.5. The van der Waals surface area contributed by atoms with Crippen molar-refractivity contribution < 1.29 is 9.53 Å². The van der Waals surface area contributed by atoms with Crippen molar-refractivity contribution in [2.75, 3.05) is 13.7 Å². The highest BCUT2D eigenvalue weighted by Crippen LogP contribution is 2.34. The quantitative estimate of drug-likeness (QED) is 0.804. The number of carbonyl (C=O) groups excluding carboxylic acids is 1. The highest BCUT2D eigenvalue weighted by atomic mass is 16.5. The molecule has 0 fully saturated rings. The fraction of sp³-hybridized carbons (Fsp3) is 0.176. The van der Waals surface area contributed by atoms with Crippen LogP contribution in [0.1, 0.15) is 0 Å². The van der Waals surface area contributed by atoms with Crippen molar-refractivity contribution >= 4 is 16.9 Å². The summed E-state index contributed by atoms with van der Waals surface area (Å²) in [5.41, 5.74) is 2.90. The number of hydrogen-bond donors (Lipinski definition) is 1. The molecule has 5 nitrogen and oxygen atoms in total. The van der Waals surface area contributed by atoms with E-state index in [9.17, 15) is 4.79 Å². The van der Waals surface area contributed by atoms with Crippen LogP contribution < -0.4 is 10.1 Å². The first-order valence-corrected chi connectivity index (χ1v) is 7.03. The van der Waals surface area contributed by atoms with E-state index < -0.39 is 0 Å². The lowest BCUT2D eigenvalue weighted by Crippen LogP contribution is -2.24. The highest BCUT2D eigenvalue weighted by Gasteiger charge is 2.12. The number of benzene rings is 1. The summed E-state index contributed by atoms with van der Waals surface area (Å²) in [7, 11) is 3.56. The molecule has 0 aliphatic heterocycles. The van der Waals surface area contributed by atoms with E-state index in [0.717, 1.165) is 22.2 Å². The van der Waals surface area contributed by atoms with E-state index in [0.29, 0.717) is 5.75 Å². The van der Waals surface area contributed by atoms with Gasteiger partial charge in [0.05, 0.1) is 0 Å². The standard InChI is InChI=1S/C17H17N3O2/c1-18-16(21)11-22-15-6-4-3-5-13(15)12-7-9-19-17-14(12)8-10-20(17)2/h3-10H,11H2,1-2H3,(H,18,21). The molecule has 112 valence electrons. The molecular formula is C17H17N3O2. The number of para-hydroxylation sites is 1. The van der Waals surface area contributed by atoms with Crippen molar-refractivity contribution in [3.05, 3.63) is 48.8 Å². The Balaban J connectivity index is 2.05. The Kier molecular flexibility index (Phi) is 3.78. The van der Waals surface area contributed by atoms with Crippen molar-refractivity contribution in [3.63, 3.8) is 0 Å². The van der Waals surface area contributed by atoms with Gasteiger partial charge in [0, 0.05) is 37.4 Å². The second kappa shape index (κ2) is 5.89. The van der Waals surface area contributed by atoms with Gasteiger partial charge in [-0.3, -0.25) is 4.79 Å². The minimum Gasteiger partial charge on any atom is -0.483 e. The Morgan fingerprint density at radius 3 is 2.86 bits per heavy atom. The first-order chi connectivity index (χ1) is 10.7. The molecule has 2 heterocycles. The normalized spacial score (nSPS) is 10.6. The maximum Gasteiger partial charge on any atom is 0.257 e. The second-order valence-electron chi connectivity index (χ2n) is 4.98. The molecule has 0 atom stereocenters. The van der Waals surface area contributed by atoms with Gasteiger partial charge < -0.3 is 14.6 Å². The fourth-order valence-corrected chi connectivity index (χ4v) is 2.43. The van der Waals surface area contributed by atoms with Crippen molar-refractivity contribution in [2.45, 2.75) is 0 Å². The number of hydrogen-bond acceptors (Lipinski definition) is 3. The molecule has 0 unspecified atom stereocenters. The number of likely N-dealkylation sites (N-methyl/N-ethyl adjacent to an activating group) is 1. The number of aryl methyl sites for hydroxylation is 1. The third-order valence-electron chi connectivity index (χ3n) is 3.58. The lowest BCUT2D eigenvalue weighted by Gasteiger charge is -2.12. The van der Waals surface area contributed by atoms with Gasteiger partial charge in [0.25, 0.3) is 5.91 Å². The molecule has 0 saturated heterocycles. The van der Waals surface area contributed by atoms with Gasteiger partial charge in [0.15, 0.2) is 6.61 Å². The van der Waals surface area contributed by atoms with E-state index in [1.165, 1.54) is 0 Å². The molecular weight excluding hydrogens is 278 g/mol. The average molecular weight is 295 g/mol. The third kappa shape index (κ3) is 2.53. The van der Waals surface area contributed by atoms with E-state index in [1.807, 2.05) is 54.2 Å². The Labute approximate surface area is 128 Å². The van der Waals surface area contributed by atoms with Gasteiger partial charge in [-0.05, 0) is 23.8 Å². The van der Waals surface area contributed by atoms with Crippen LogP contribution in [0.3, 0.4) is 0 Å². The molecule has 2 aromatic heterocycles. The third-order valence-corrected chi connectivity index (χ3v) is 3.58. The maximum atomic E-state index is 11.4. The number of carbonyl (C=O) groups is 1. The van der Waals surface area contributed by atoms with Crippen molar-refractivity contribution in [2.24, 2.45) is 7.05 Å². The first kappa shape index (κ1) is 14.1. The summed E-state index contributed by atoms with van der Waals surface area (Å²) in [6.07, 6.45) is 3.77. The van der Waals surface area contributed by atoms with Gasteiger partial charge in [-0.15, -0.1) is 0 Å². The van der Waals surface area contributed by atoms with Gasteiger partial charge in [-0.1, -0.05) is 18.2 Å².